The molecule has 2 rings (SSSR count). The van der Waals surface area contributed by atoms with Crippen molar-refractivity contribution >= 4 is 0 Å². The van der Waals surface area contributed by atoms with Crippen LogP contribution >= 0.6 is 0 Å². The maximum atomic E-state index is 13.8. The van der Waals surface area contributed by atoms with Gasteiger partial charge in [0.2, 0.25) is 0 Å². The maximum absolute atomic E-state index is 13.8. The summed E-state index contributed by atoms with van der Waals surface area (Å²) in [7, 11) is 0. The third-order valence-electron chi connectivity index (χ3n) is 2.57. The summed E-state index contributed by atoms with van der Waals surface area (Å²) in [6.45, 7) is 2.33. The molecule has 0 aliphatic heterocycles. The van der Waals surface area contributed by atoms with Gasteiger partial charge in [-0.05, 0) is 43.7 Å². The first-order valence-electron chi connectivity index (χ1n) is 5.78. The SMILES string of the molecule is Cc1ccc(Oc2c(F)cccc2CCN)cn1. The molecule has 0 saturated carbocycles. The van der Waals surface area contributed by atoms with Crippen LogP contribution in [0.1, 0.15) is 11.3 Å². The lowest BCUT2D eigenvalue weighted by Gasteiger charge is -2.11. The smallest absolute Gasteiger partial charge is 0.166 e. The lowest BCUT2D eigenvalue weighted by atomic mass is 10.1. The molecule has 0 unspecified atom stereocenters. The van der Waals surface area contributed by atoms with Crippen LogP contribution in [0.3, 0.4) is 0 Å². The van der Waals surface area contributed by atoms with Crippen LogP contribution in [0, 0.1) is 12.7 Å². The highest BCUT2D eigenvalue weighted by Gasteiger charge is 2.10. The van der Waals surface area contributed by atoms with Crippen molar-refractivity contribution < 1.29 is 9.13 Å². The molecule has 0 amide bonds. The van der Waals surface area contributed by atoms with Crippen molar-refractivity contribution in [3.05, 3.63) is 53.6 Å². The van der Waals surface area contributed by atoms with Gasteiger partial charge in [0.1, 0.15) is 5.75 Å². The number of aryl methyl sites for hydroxylation is 1. The van der Waals surface area contributed by atoms with Crippen LogP contribution in [0.15, 0.2) is 36.5 Å². The van der Waals surface area contributed by atoms with Crippen molar-refractivity contribution in [1.82, 2.24) is 4.98 Å². The molecule has 0 spiro atoms. The van der Waals surface area contributed by atoms with E-state index in [1.165, 1.54) is 6.07 Å². The van der Waals surface area contributed by atoms with Gasteiger partial charge in [0.05, 0.1) is 6.20 Å². The zero-order chi connectivity index (χ0) is 13.0. The van der Waals surface area contributed by atoms with Crippen LogP contribution < -0.4 is 10.5 Å². The summed E-state index contributed by atoms with van der Waals surface area (Å²) in [6.07, 6.45) is 2.15. The topological polar surface area (TPSA) is 48.1 Å². The first kappa shape index (κ1) is 12.5. The Labute approximate surface area is 105 Å². The Morgan fingerprint density at radius 1 is 1.28 bits per heavy atom. The Bertz CT molecular complexity index is 526. The van der Waals surface area contributed by atoms with Gasteiger partial charge in [-0.1, -0.05) is 12.1 Å². The van der Waals surface area contributed by atoms with Crippen LogP contribution in [0.2, 0.25) is 0 Å². The highest BCUT2D eigenvalue weighted by atomic mass is 19.1. The molecule has 1 aromatic carbocycles. The molecule has 2 N–H and O–H groups in total. The number of rotatable bonds is 4. The quantitative estimate of drug-likeness (QED) is 0.902. The van der Waals surface area contributed by atoms with Crippen molar-refractivity contribution in [3.8, 4) is 11.5 Å². The van der Waals surface area contributed by atoms with Crippen LogP contribution in [0.4, 0.5) is 4.39 Å². The molecule has 0 bridgehead atoms. The van der Waals surface area contributed by atoms with E-state index in [9.17, 15) is 4.39 Å². The first-order valence-corrected chi connectivity index (χ1v) is 5.78. The summed E-state index contributed by atoms with van der Waals surface area (Å²) in [4.78, 5) is 4.11. The Kier molecular flexibility index (Phi) is 3.89. The van der Waals surface area contributed by atoms with E-state index >= 15 is 0 Å². The minimum atomic E-state index is -0.387. The van der Waals surface area contributed by atoms with E-state index in [2.05, 4.69) is 4.98 Å². The monoisotopic (exact) mass is 246 g/mol. The second-order valence-electron chi connectivity index (χ2n) is 4.00. The average Bonchev–Trinajstić information content (AvgIpc) is 2.36. The van der Waals surface area contributed by atoms with E-state index in [-0.39, 0.29) is 11.6 Å². The van der Waals surface area contributed by atoms with E-state index in [1.807, 2.05) is 19.1 Å². The number of ether oxygens (including phenoxy) is 1. The zero-order valence-electron chi connectivity index (χ0n) is 10.2. The van der Waals surface area contributed by atoms with Crippen LogP contribution in [-0.4, -0.2) is 11.5 Å². The summed E-state index contributed by atoms with van der Waals surface area (Å²) in [5.74, 6) is 0.360. The first-order chi connectivity index (χ1) is 8.70. The third kappa shape index (κ3) is 2.84. The fourth-order valence-electron chi connectivity index (χ4n) is 1.65. The number of aromatic nitrogens is 1. The molecule has 0 radical (unpaired) electrons. The minimum absolute atomic E-state index is 0.230. The van der Waals surface area contributed by atoms with Gasteiger partial charge >= 0.3 is 0 Å². The fraction of sp³-hybridized carbons (Fsp3) is 0.214. The summed E-state index contributed by atoms with van der Waals surface area (Å²) >= 11 is 0. The number of hydrogen-bond acceptors (Lipinski definition) is 3. The van der Waals surface area contributed by atoms with Gasteiger partial charge in [0.15, 0.2) is 11.6 Å². The number of para-hydroxylation sites is 1. The normalized spacial score (nSPS) is 10.4. The van der Waals surface area contributed by atoms with Crippen molar-refractivity contribution in [2.75, 3.05) is 6.54 Å². The van der Waals surface area contributed by atoms with Gasteiger partial charge in [-0.15, -0.1) is 0 Å². The Hall–Kier alpha value is -1.94. The largest absolute Gasteiger partial charge is 0.452 e. The molecule has 94 valence electrons. The van der Waals surface area contributed by atoms with E-state index < -0.39 is 0 Å². The lowest BCUT2D eigenvalue weighted by molar-refractivity contribution is 0.434. The molecule has 2 aromatic rings. The van der Waals surface area contributed by atoms with Crippen LogP contribution in [-0.2, 0) is 6.42 Å². The minimum Gasteiger partial charge on any atom is -0.452 e. The van der Waals surface area contributed by atoms with Crippen molar-refractivity contribution in [2.24, 2.45) is 5.73 Å². The average molecular weight is 246 g/mol. The number of pyridine rings is 1. The van der Waals surface area contributed by atoms with Crippen molar-refractivity contribution in [1.29, 1.82) is 0 Å². The summed E-state index contributed by atoms with van der Waals surface area (Å²) in [5.41, 5.74) is 7.15. The third-order valence-corrected chi connectivity index (χ3v) is 2.57. The van der Waals surface area contributed by atoms with Crippen molar-refractivity contribution in [3.63, 3.8) is 0 Å². The molecule has 3 nitrogen and oxygen atoms in total. The molecule has 0 atom stereocenters. The molecule has 1 aromatic heterocycles. The van der Waals surface area contributed by atoms with E-state index in [1.54, 1.807) is 18.3 Å². The fourth-order valence-corrected chi connectivity index (χ4v) is 1.65. The van der Waals surface area contributed by atoms with Crippen LogP contribution in [0.5, 0.6) is 11.5 Å². The number of nitrogens with zero attached hydrogens (tertiary/aromatic N) is 1. The summed E-state index contributed by atoms with van der Waals surface area (Å²) in [5, 5.41) is 0. The van der Waals surface area contributed by atoms with Gasteiger partial charge in [-0.3, -0.25) is 4.98 Å². The van der Waals surface area contributed by atoms with Gasteiger partial charge in [-0.25, -0.2) is 4.39 Å². The number of nitrogens with two attached hydrogens (primary N) is 1. The van der Waals surface area contributed by atoms with Crippen LogP contribution in [0.25, 0.3) is 0 Å². The van der Waals surface area contributed by atoms with Crippen molar-refractivity contribution in [2.45, 2.75) is 13.3 Å². The van der Waals surface area contributed by atoms with E-state index in [0.717, 1.165) is 11.3 Å². The highest BCUT2D eigenvalue weighted by molar-refractivity contribution is 5.38. The number of benzene rings is 1. The van der Waals surface area contributed by atoms with Gasteiger partial charge in [-0.2, -0.15) is 0 Å². The predicted molar refractivity (Wildman–Crippen MR) is 68.2 cm³/mol. The zero-order valence-corrected chi connectivity index (χ0v) is 10.2. The molecular formula is C14H15FN2O. The predicted octanol–water partition coefficient (Wildman–Crippen LogP) is 2.82. The Morgan fingerprint density at radius 2 is 2.11 bits per heavy atom. The molecule has 18 heavy (non-hydrogen) atoms. The van der Waals surface area contributed by atoms with E-state index in [0.29, 0.717) is 18.7 Å². The summed E-state index contributed by atoms with van der Waals surface area (Å²) in [6, 6.07) is 8.42. The van der Waals surface area contributed by atoms with Gasteiger partial charge < -0.3 is 10.5 Å². The molecule has 0 aliphatic rings. The number of hydrogen-bond donors (Lipinski definition) is 1. The number of halogens is 1. The molecular weight excluding hydrogens is 231 g/mol. The second kappa shape index (κ2) is 5.60. The standard InChI is InChI=1S/C14H15FN2O/c1-10-5-6-12(9-17-10)18-14-11(7-8-16)3-2-4-13(14)15/h2-6,9H,7-8,16H2,1H3. The van der Waals surface area contributed by atoms with Gasteiger partial charge in [0, 0.05) is 5.69 Å². The molecule has 4 heteroatoms. The highest BCUT2D eigenvalue weighted by Crippen LogP contribution is 2.28. The Morgan fingerprint density at radius 3 is 2.78 bits per heavy atom. The maximum Gasteiger partial charge on any atom is 0.166 e. The molecule has 0 saturated heterocycles. The Balaban J connectivity index is 2.30. The molecule has 0 fully saturated rings. The lowest BCUT2D eigenvalue weighted by Crippen LogP contribution is -2.05. The second-order valence-corrected chi connectivity index (χ2v) is 4.00. The summed E-state index contributed by atoms with van der Waals surface area (Å²) < 4.78 is 19.3. The molecule has 1 heterocycles. The molecule has 0 aliphatic carbocycles. The van der Waals surface area contributed by atoms with E-state index in [4.69, 9.17) is 10.5 Å². The van der Waals surface area contributed by atoms with Gasteiger partial charge in [0.25, 0.3) is 0 Å².